The monoisotopic (exact) mass is 263 g/mol. The zero-order chi connectivity index (χ0) is 14.2. The van der Waals surface area contributed by atoms with Crippen LogP contribution >= 0.6 is 0 Å². The molecule has 0 spiro atoms. The second-order valence-corrected chi connectivity index (χ2v) is 5.71. The molecule has 1 amide bonds. The second-order valence-electron chi connectivity index (χ2n) is 5.71. The fourth-order valence-corrected chi connectivity index (χ4v) is 2.61. The number of carbonyl (C=O) groups excluding carboxylic acids is 1. The zero-order valence-electron chi connectivity index (χ0n) is 11.6. The van der Waals surface area contributed by atoms with E-state index in [1.165, 1.54) is 0 Å². The van der Waals surface area contributed by atoms with E-state index in [1.54, 1.807) is 18.2 Å². The molecule has 2 rings (SSSR count). The average molecular weight is 263 g/mol. The van der Waals surface area contributed by atoms with Crippen LogP contribution in [-0.4, -0.2) is 30.7 Å². The summed E-state index contributed by atoms with van der Waals surface area (Å²) in [5.41, 5.74) is 13.1. The number of carbonyl (C=O) groups is 1. The van der Waals surface area contributed by atoms with Gasteiger partial charge in [0, 0.05) is 18.7 Å². The minimum Gasteiger partial charge on any atom is -0.397 e. The Morgan fingerprint density at radius 2 is 2.16 bits per heavy atom. The van der Waals surface area contributed by atoms with Crippen LogP contribution in [0, 0.1) is 0 Å². The molecule has 0 saturated carbocycles. The zero-order valence-corrected chi connectivity index (χ0v) is 11.6. The molecule has 1 saturated heterocycles. The van der Waals surface area contributed by atoms with Gasteiger partial charge in [0.15, 0.2) is 0 Å². The van der Waals surface area contributed by atoms with E-state index in [2.05, 4.69) is 4.90 Å². The van der Waals surface area contributed by atoms with Crippen molar-refractivity contribution in [1.29, 1.82) is 0 Å². The smallest absolute Gasteiger partial charge is 0.248 e. The average Bonchev–Trinajstić information content (AvgIpc) is 2.26. The van der Waals surface area contributed by atoms with E-state index in [0.717, 1.165) is 18.8 Å². The van der Waals surface area contributed by atoms with Crippen molar-refractivity contribution >= 4 is 17.3 Å². The van der Waals surface area contributed by atoms with Gasteiger partial charge in [0.1, 0.15) is 0 Å². The first-order valence-electron chi connectivity index (χ1n) is 6.40. The number of ether oxygens (including phenoxy) is 1. The quantitative estimate of drug-likeness (QED) is 0.790. The van der Waals surface area contributed by atoms with Crippen molar-refractivity contribution in [2.75, 3.05) is 23.7 Å². The number of hydrogen-bond donors (Lipinski definition) is 2. The van der Waals surface area contributed by atoms with Crippen LogP contribution in [0.1, 0.15) is 31.1 Å². The SMILES string of the molecule is CC1CN(c2cc(C(N)=O)ccc2N)CC(C)(C)O1. The van der Waals surface area contributed by atoms with Crippen molar-refractivity contribution in [3.05, 3.63) is 23.8 Å². The molecule has 1 fully saturated rings. The normalized spacial score (nSPS) is 22.3. The molecule has 1 aromatic rings. The number of morpholine rings is 1. The number of rotatable bonds is 2. The number of benzene rings is 1. The van der Waals surface area contributed by atoms with Crippen LogP contribution in [0.4, 0.5) is 11.4 Å². The van der Waals surface area contributed by atoms with Gasteiger partial charge in [0.05, 0.1) is 23.1 Å². The van der Waals surface area contributed by atoms with E-state index in [9.17, 15) is 4.79 Å². The van der Waals surface area contributed by atoms with E-state index in [-0.39, 0.29) is 11.7 Å². The lowest BCUT2D eigenvalue weighted by Crippen LogP contribution is -2.52. The highest BCUT2D eigenvalue weighted by atomic mass is 16.5. The molecule has 0 aromatic heterocycles. The molecule has 104 valence electrons. The molecule has 4 N–H and O–H groups in total. The predicted molar refractivity (Wildman–Crippen MR) is 76.2 cm³/mol. The molecular weight excluding hydrogens is 242 g/mol. The maximum atomic E-state index is 11.3. The Labute approximate surface area is 113 Å². The second kappa shape index (κ2) is 4.74. The first kappa shape index (κ1) is 13.7. The standard InChI is InChI=1S/C14H21N3O2/c1-9-7-17(8-14(2,3)19-9)12-6-10(13(16)18)4-5-11(12)15/h4-6,9H,7-8,15H2,1-3H3,(H2,16,18). The molecule has 1 aliphatic heterocycles. The van der Waals surface area contributed by atoms with Gasteiger partial charge < -0.3 is 21.1 Å². The summed E-state index contributed by atoms with van der Waals surface area (Å²) in [6.45, 7) is 7.59. The van der Waals surface area contributed by atoms with Crippen molar-refractivity contribution < 1.29 is 9.53 Å². The van der Waals surface area contributed by atoms with Gasteiger partial charge in [0.2, 0.25) is 5.91 Å². The minimum absolute atomic E-state index is 0.111. The van der Waals surface area contributed by atoms with Crippen LogP contribution in [0.15, 0.2) is 18.2 Å². The maximum absolute atomic E-state index is 11.3. The number of nitrogens with zero attached hydrogens (tertiary/aromatic N) is 1. The molecule has 0 aliphatic carbocycles. The fourth-order valence-electron chi connectivity index (χ4n) is 2.61. The molecule has 1 aliphatic rings. The van der Waals surface area contributed by atoms with Crippen LogP contribution in [0.2, 0.25) is 0 Å². The third-order valence-corrected chi connectivity index (χ3v) is 3.22. The summed E-state index contributed by atoms with van der Waals surface area (Å²) in [5, 5.41) is 0. The van der Waals surface area contributed by atoms with E-state index in [4.69, 9.17) is 16.2 Å². The highest BCUT2D eigenvalue weighted by molar-refractivity contribution is 5.95. The summed E-state index contributed by atoms with van der Waals surface area (Å²) < 4.78 is 5.87. The van der Waals surface area contributed by atoms with Crippen molar-refractivity contribution in [1.82, 2.24) is 0 Å². The lowest BCUT2D eigenvalue weighted by Gasteiger charge is -2.43. The summed E-state index contributed by atoms with van der Waals surface area (Å²) in [5.74, 6) is -0.443. The first-order valence-corrected chi connectivity index (χ1v) is 6.40. The van der Waals surface area contributed by atoms with Gasteiger partial charge in [-0.2, -0.15) is 0 Å². The number of anilines is 2. The van der Waals surface area contributed by atoms with Gasteiger partial charge >= 0.3 is 0 Å². The lowest BCUT2D eigenvalue weighted by atomic mass is 10.0. The molecule has 1 atom stereocenters. The molecule has 5 heteroatoms. The Balaban J connectivity index is 2.35. The number of amides is 1. The van der Waals surface area contributed by atoms with Gasteiger partial charge in [-0.15, -0.1) is 0 Å². The van der Waals surface area contributed by atoms with Crippen LogP contribution in [0.5, 0.6) is 0 Å². The summed E-state index contributed by atoms with van der Waals surface area (Å²) in [6.07, 6.45) is 0.111. The largest absolute Gasteiger partial charge is 0.397 e. The Morgan fingerprint density at radius 1 is 1.47 bits per heavy atom. The fraction of sp³-hybridized carbons (Fsp3) is 0.500. The molecular formula is C14H21N3O2. The van der Waals surface area contributed by atoms with Gasteiger partial charge in [-0.3, -0.25) is 4.79 Å². The predicted octanol–water partition coefficient (Wildman–Crippen LogP) is 1.37. The molecule has 5 nitrogen and oxygen atoms in total. The summed E-state index contributed by atoms with van der Waals surface area (Å²) in [4.78, 5) is 13.4. The van der Waals surface area contributed by atoms with Crippen LogP contribution in [-0.2, 0) is 4.74 Å². The molecule has 1 unspecified atom stereocenters. The summed E-state index contributed by atoms with van der Waals surface area (Å²) >= 11 is 0. The topological polar surface area (TPSA) is 81.6 Å². The third kappa shape index (κ3) is 2.98. The number of primary amides is 1. The molecule has 1 aromatic carbocycles. The van der Waals surface area contributed by atoms with Gasteiger partial charge in [0.25, 0.3) is 0 Å². The summed E-state index contributed by atoms with van der Waals surface area (Å²) in [6, 6.07) is 5.13. The summed E-state index contributed by atoms with van der Waals surface area (Å²) in [7, 11) is 0. The van der Waals surface area contributed by atoms with Crippen LogP contribution < -0.4 is 16.4 Å². The Morgan fingerprint density at radius 3 is 2.74 bits per heavy atom. The molecule has 19 heavy (non-hydrogen) atoms. The highest BCUT2D eigenvalue weighted by Gasteiger charge is 2.32. The number of nitrogen functional groups attached to an aromatic ring is 1. The van der Waals surface area contributed by atoms with E-state index in [1.807, 2.05) is 20.8 Å². The van der Waals surface area contributed by atoms with E-state index < -0.39 is 5.91 Å². The highest BCUT2D eigenvalue weighted by Crippen LogP contribution is 2.30. The van der Waals surface area contributed by atoms with Gasteiger partial charge in [-0.05, 0) is 39.0 Å². The van der Waals surface area contributed by atoms with Crippen LogP contribution in [0.3, 0.4) is 0 Å². The Hall–Kier alpha value is -1.75. The molecule has 1 heterocycles. The minimum atomic E-state index is -0.443. The van der Waals surface area contributed by atoms with E-state index in [0.29, 0.717) is 11.3 Å². The van der Waals surface area contributed by atoms with Crippen molar-refractivity contribution in [2.45, 2.75) is 32.5 Å². The lowest BCUT2D eigenvalue weighted by molar-refractivity contribution is -0.0749. The Kier molecular flexibility index (Phi) is 3.41. The van der Waals surface area contributed by atoms with Gasteiger partial charge in [-0.25, -0.2) is 0 Å². The van der Waals surface area contributed by atoms with Crippen molar-refractivity contribution in [3.63, 3.8) is 0 Å². The third-order valence-electron chi connectivity index (χ3n) is 3.22. The van der Waals surface area contributed by atoms with Crippen molar-refractivity contribution in [2.24, 2.45) is 5.73 Å². The van der Waals surface area contributed by atoms with Crippen molar-refractivity contribution in [3.8, 4) is 0 Å². The number of hydrogen-bond acceptors (Lipinski definition) is 4. The van der Waals surface area contributed by atoms with Crippen LogP contribution in [0.25, 0.3) is 0 Å². The number of nitrogens with two attached hydrogens (primary N) is 2. The first-order chi connectivity index (χ1) is 8.78. The van der Waals surface area contributed by atoms with E-state index >= 15 is 0 Å². The molecule has 0 bridgehead atoms. The van der Waals surface area contributed by atoms with Gasteiger partial charge in [-0.1, -0.05) is 0 Å². The Bertz CT molecular complexity index is 499. The maximum Gasteiger partial charge on any atom is 0.248 e. The molecule has 0 radical (unpaired) electrons.